The second-order valence-corrected chi connectivity index (χ2v) is 7.61. The molecule has 6 nitrogen and oxygen atoms in total. The number of halogens is 1. The first-order chi connectivity index (χ1) is 14.1. The van der Waals surface area contributed by atoms with Gasteiger partial charge in [0.1, 0.15) is 6.61 Å². The van der Waals surface area contributed by atoms with E-state index in [0.29, 0.717) is 29.5 Å². The number of hydrogen-bond acceptors (Lipinski definition) is 5. The van der Waals surface area contributed by atoms with E-state index in [4.69, 9.17) is 21.7 Å². The summed E-state index contributed by atoms with van der Waals surface area (Å²) in [5, 5.41) is 11.5. The maximum absolute atomic E-state index is 5.97. The van der Waals surface area contributed by atoms with E-state index in [9.17, 15) is 0 Å². The van der Waals surface area contributed by atoms with Crippen LogP contribution in [0.1, 0.15) is 37.2 Å². The summed E-state index contributed by atoms with van der Waals surface area (Å²) in [5.41, 5.74) is 1.97. The van der Waals surface area contributed by atoms with E-state index in [2.05, 4.69) is 38.2 Å². The fourth-order valence-corrected chi connectivity index (χ4v) is 3.15. The lowest BCUT2D eigenvalue weighted by Crippen LogP contribution is -2.01. The van der Waals surface area contributed by atoms with Gasteiger partial charge >= 0.3 is 0 Å². The van der Waals surface area contributed by atoms with Gasteiger partial charge in [-0.2, -0.15) is 14.9 Å². The molecule has 3 rings (SSSR count). The zero-order valence-corrected chi connectivity index (χ0v) is 18.8. The molecular weight excluding hydrogens is 452 g/mol. The third kappa shape index (κ3) is 5.77. The Hall–Kier alpha value is -2.45. The van der Waals surface area contributed by atoms with Crippen LogP contribution in [0, 0.1) is 4.77 Å². The predicted molar refractivity (Wildman–Crippen MR) is 120 cm³/mol. The maximum atomic E-state index is 5.97. The Labute approximate surface area is 183 Å². The summed E-state index contributed by atoms with van der Waals surface area (Å²) in [5.74, 6) is 2.19. The number of aromatic nitrogens is 3. The lowest BCUT2D eigenvalue weighted by atomic mass is 10.2. The summed E-state index contributed by atoms with van der Waals surface area (Å²) >= 11 is 8.70. The Balaban J connectivity index is 1.77. The highest BCUT2D eigenvalue weighted by molar-refractivity contribution is 9.10. The summed E-state index contributed by atoms with van der Waals surface area (Å²) < 4.78 is 14.9. The van der Waals surface area contributed by atoms with Crippen molar-refractivity contribution in [1.29, 1.82) is 0 Å². The van der Waals surface area contributed by atoms with E-state index >= 15 is 0 Å². The van der Waals surface area contributed by atoms with Crippen molar-refractivity contribution in [2.45, 2.75) is 33.3 Å². The van der Waals surface area contributed by atoms with Crippen LogP contribution in [0.2, 0.25) is 0 Å². The number of rotatable bonds is 9. The number of aryl methyl sites for hydroxylation is 1. The van der Waals surface area contributed by atoms with Crippen LogP contribution in [-0.2, 0) is 13.0 Å². The predicted octanol–water partition coefficient (Wildman–Crippen LogP) is 5.52. The number of nitrogens with zero attached hydrogens (tertiary/aromatic N) is 3. The highest BCUT2D eigenvalue weighted by Gasteiger charge is 2.08. The minimum absolute atomic E-state index is 0.464. The molecule has 0 saturated carbocycles. The third-order valence-corrected chi connectivity index (χ3v) is 4.88. The van der Waals surface area contributed by atoms with Gasteiger partial charge in [0.2, 0.25) is 4.77 Å². The molecule has 0 unspecified atom stereocenters. The fraction of sp³-hybridized carbons (Fsp3) is 0.286. The highest BCUT2D eigenvalue weighted by Crippen LogP contribution is 2.29. The second-order valence-electron chi connectivity index (χ2n) is 6.31. The normalized spacial score (nSPS) is 11.1. The molecule has 0 aliphatic rings. The molecule has 2 aromatic carbocycles. The van der Waals surface area contributed by atoms with Crippen LogP contribution < -0.4 is 9.47 Å². The summed E-state index contributed by atoms with van der Waals surface area (Å²) in [6.07, 6.45) is 3.51. The topological polar surface area (TPSA) is 64.4 Å². The molecule has 0 fully saturated rings. The average Bonchev–Trinajstić information content (AvgIpc) is 3.07. The smallest absolute Gasteiger partial charge is 0.216 e. The largest absolute Gasteiger partial charge is 0.490 e. The first kappa shape index (κ1) is 21.3. The Morgan fingerprint density at radius 3 is 2.66 bits per heavy atom. The molecule has 0 aliphatic heterocycles. The van der Waals surface area contributed by atoms with Crippen molar-refractivity contribution >= 4 is 34.4 Å². The zero-order chi connectivity index (χ0) is 20.6. The van der Waals surface area contributed by atoms with Crippen molar-refractivity contribution < 1.29 is 9.47 Å². The number of benzene rings is 2. The Kier molecular flexibility index (Phi) is 7.60. The second kappa shape index (κ2) is 10.4. The molecule has 0 radical (unpaired) electrons. The van der Waals surface area contributed by atoms with Crippen molar-refractivity contribution in [1.82, 2.24) is 14.9 Å². The molecule has 1 heterocycles. The molecule has 0 atom stereocenters. The van der Waals surface area contributed by atoms with E-state index in [0.717, 1.165) is 34.3 Å². The van der Waals surface area contributed by atoms with Gasteiger partial charge in [-0.1, -0.05) is 35.0 Å². The van der Waals surface area contributed by atoms with Crippen LogP contribution in [0.15, 0.2) is 52.0 Å². The van der Waals surface area contributed by atoms with Crippen molar-refractivity contribution in [3.05, 3.63) is 68.7 Å². The molecule has 8 heteroatoms. The zero-order valence-electron chi connectivity index (χ0n) is 16.4. The lowest BCUT2D eigenvalue weighted by Gasteiger charge is -2.12. The van der Waals surface area contributed by atoms with Gasteiger partial charge in [-0.3, -0.25) is 5.10 Å². The van der Waals surface area contributed by atoms with Gasteiger partial charge < -0.3 is 9.47 Å². The van der Waals surface area contributed by atoms with Crippen LogP contribution >= 0.6 is 28.1 Å². The molecule has 1 aromatic heterocycles. The molecular formula is C21H23BrN4O2S. The quantitative estimate of drug-likeness (QED) is 0.327. The van der Waals surface area contributed by atoms with E-state index in [1.807, 2.05) is 49.4 Å². The van der Waals surface area contributed by atoms with Crippen LogP contribution in [0.5, 0.6) is 11.5 Å². The molecule has 0 bridgehead atoms. The SMILES string of the molecule is CCCc1n[nH]c(=S)n1/N=C\c1ccc(OCc2ccc(Br)cc2)c(OCC)c1. The average molecular weight is 475 g/mol. The summed E-state index contributed by atoms with van der Waals surface area (Å²) in [6.45, 7) is 5.04. The molecule has 0 spiro atoms. The Bertz CT molecular complexity index is 1030. The van der Waals surface area contributed by atoms with Crippen LogP contribution in [0.25, 0.3) is 0 Å². The highest BCUT2D eigenvalue weighted by atomic mass is 79.9. The number of aromatic amines is 1. The Morgan fingerprint density at radius 2 is 1.93 bits per heavy atom. The van der Waals surface area contributed by atoms with Gasteiger partial charge in [0.15, 0.2) is 17.3 Å². The fourth-order valence-electron chi connectivity index (χ4n) is 2.69. The molecule has 152 valence electrons. The first-order valence-corrected chi connectivity index (χ1v) is 10.7. The summed E-state index contributed by atoms with van der Waals surface area (Å²) in [6, 6.07) is 13.8. The number of H-pyrrole nitrogens is 1. The van der Waals surface area contributed by atoms with Gasteiger partial charge in [-0.05, 0) is 67.0 Å². The minimum atomic E-state index is 0.464. The summed E-state index contributed by atoms with van der Waals surface area (Å²) in [7, 11) is 0. The molecule has 3 aromatic rings. The van der Waals surface area contributed by atoms with E-state index < -0.39 is 0 Å². The van der Waals surface area contributed by atoms with Gasteiger partial charge in [0.05, 0.1) is 12.8 Å². The first-order valence-electron chi connectivity index (χ1n) is 9.45. The van der Waals surface area contributed by atoms with E-state index in [1.165, 1.54) is 0 Å². The molecule has 0 saturated heterocycles. The lowest BCUT2D eigenvalue weighted by molar-refractivity contribution is 0.269. The Morgan fingerprint density at radius 1 is 1.14 bits per heavy atom. The van der Waals surface area contributed by atoms with Gasteiger partial charge in [-0.25, -0.2) is 0 Å². The van der Waals surface area contributed by atoms with Crippen LogP contribution in [-0.4, -0.2) is 27.7 Å². The van der Waals surface area contributed by atoms with Crippen molar-refractivity contribution in [3.8, 4) is 11.5 Å². The third-order valence-electron chi connectivity index (χ3n) is 4.09. The molecule has 1 N–H and O–H groups in total. The van der Waals surface area contributed by atoms with Gasteiger partial charge in [0.25, 0.3) is 0 Å². The monoisotopic (exact) mass is 474 g/mol. The van der Waals surface area contributed by atoms with Crippen molar-refractivity contribution in [3.63, 3.8) is 0 Å². The number of hydrogen-bond donors (Lipinski definition) is 1. The number of nitrogens with one attached hydrogen (secondary N) is 1. The van der Waals surface area contributed by atoms with E-state index in [-0.39, 0.29) is 0 Å². The van der Waals surface area contributed by atoms with Crippen molar-refractivity contribution in [2.75, 3.05) is 6.61 Å². The van der Waals surface area contributed by atoms with Gasteiger partial charge in [0, 0.05) is 10.9 Å². The van der Waals surface area contributed by atoms with Crippen molar-refractivity contribution in [2.24, 2.45) is 5.10 Å². The van der Waals surface area contributed by atoms with Crippen LogP contribution in [0.4, 0.5) is 0 Å². The standard InChI is InChI=1S/C21H23BrN4O2S/c1-3-5-20-24-25-21(29)26(20)23-13-16-8-11-18(19(12-16)27-4-2)28-14-15-6-9-17(22)10-7-15/h6-13H,3-5,14H2,1-2H3,(H,25,29)/b23-13-. The molecule has 0 aliphatic carbocycles. The van der Waals surface area contributed by atoms with E-state index in [1.54, 1.807) is 10.9 Å². The molecule has 29 heavy (non-hydrogen) atoms. The van der Waals surface area contributed by atoms with Gasteiger partial charge in [-0.15, -0.1) is 0 Å². The number of ether oxygens (including phenoxy) is 2. The maximum Gasteiger partial charge on any atom is 0.216 e. The van der Waals surface area contributed by atoms with Crippen LogP contribution in [0.3, 0.4) is 0 Å². The molecule has 0 amide bonds. The minimum Gasteiger partial charge on any atom is -0.490 e. The summed E-state index contributed by atoms with van der Waals surface area (Å²) in [4.78, 5) is 0.